The summed E-state index contributed by atoms with van der Waals surface area (Å²) in [4.78, 5) is 4.14. The van der Waals surface area contributed by atoms with Crippen molar-refractivity contribution in [2.75, 3.05) is 6.61 Å². The van der Waals surface area contributed by atoms with Crippen molar-refractivity contribution in [3.8, 4) is 33.8 Å². The van der Waals surface area contributed by atoms with Gasteiger partial charge in [-0.1, -0.05) is 79.7 Å². The van der Waals surface area contributed by atoms with Gasteiger partial charge in [-0.15, -0.1) is 5.10 Å². The van der Waals surface area contributed by atoms with E-state index in [-0.39, 0.29) is 0 Å². The fraction of sp³-hybridized carbons (Fsp3) is 0.167. The van der Waals surface area contributed by atoms with E-state index < -0.39 is 0 Å². The van der Waals surface area contributed by atoms with Crippen LogP contribution >= 0.6 is 0 Å². The molecule has 0 atom stereocenters. The zero-order valence-electron chi connectivity index (χ0n) is 20.2. The maximum Gasteiger partial charge on any atom is 0.127 e. The van der Waals surface area contributed by atoms with Crippen LogP contribution in [-0.2, 0) is 6.42 Å². The average Bonchev–Trinajstić information content (AvgIpc) is 3.44. The molecule has 0 aliphatic carbocycles. The molecular weight excluding hydrogens is 432 g/mol. The van der Waals surface area contributed by atoms with E-state index in [9.17, 15) is 0 Å². The second-order valence-electron chi connectivity index (χ2n) is 7.77. The summed E-state index contributed by atoms with van der Waals surface area (Å²) in [7, 11) is 0. The highest BCUT2D eigenvalue weighted by molar-refractivity contribution is 5.70. The normalized spacial score (nSPS) is 10.3. The highest BCUT2D eigenvalue weighted by atomic mass is 16.5. The topological polar surface area (TPSA) is 52.8 Å². The minimum absolute atomic E-state index is 0.670. The minimum Gasteiger partial charge on any atom is -0.493 e. The first-order chi connectivity index (χ1) is 17.4. The quantitative estimate of drug-likeness (QED) is 0.232. The predicted octanol–water partition coefficient (Wildman–Crippen LogP) is 7.03. The maximum atomic E-state index is 6.12. The zero-order chi connectivity index (χ0) is 24.3. The van der Waals surface area contributed by atoms with Gasteiger partial charge in [-0.25, -0.2) is 4.68 Å². The van der Waals surface area contributed by atoms with E-state index in [1.165, 1.54) is 11.1 Å². The van der Waals surface area contributed by atoms with Crippen LogP contribution in [0.1, 0.15) is 25.8 Å². The molecule has 0 aliphatic rings. The van der Waals surface area contributed by atoms with E-state index in [1.54, 1.807) is 17.1 Å². The van der Waals surface area contributed by atoms with Gasteiger partial charge in [-0.05, 0) is 54.3 Å². The summed E-state index contributed by atoms with van der Waals surface area (Å²) in [5.41, 5.74) is 6.31. The van der Waals surface area contributed by atoms with Gasteiger partial charge in [0, 0.05) is 23.5 Å². The van der Waals surface area contributed by atoms with Crippen LogP contribution in [0.15, 0.2) is 110 Å². The summed E-state index contributed by atoms with van der Waals surface area (Å²) in [6, 6.07) is 30.8. The largest absolute Gasteiger partial charge is 0.493 e. The third-order valence-electron chi connectivity index (χ3n) is 5.49. The molecule has 0 aliphatic heterocycles. The van der Waals surface area contributed by atoms with Gasteiger partial charge in [0.25, 0.3) is 0 Å². The lowest BCUT2D eigenvalue weighted by molar-refractivity contribution is 0.312. The lowest BCUT2D eigenvalue weighted by atomic mass is 10.0. The van der Waals surface area contributed by atoms with Crippen LogP contribution in [0.2, 0.25) is 0 Å². The fourth-order valence-electron chi connectivity index (χ4n) is 3.76. The van der Waals surface area contributed by atoms with Crippen LogP contribution in [0.4, 0.5) is 0 Å². The van der Waals surface area contributed by atoms with Crippen molar-refractivity contribution in [3.63, 3.8) is 0 Å². The van der Waals surface area contributed by atoms with Crippen LogP contribution in [-0.4, -0.2) is 26.6 Å². The monoisotopic (exact) mass is 462 g/mol. The molecule has 176 valence electrons. The average molecular weight is 463 g/mol. The molecule has 0 fully saturated rings. The van der Waals surface area contributed by atoms with E-state index in [2.05, 4.69) is 69.9 Å². The van der Waals surface area contributed by atoms with Gasteiger partial charge in [-0.3, -0.25) is 4.98 Å². The van der Waals surface area contributed by atoms with Crippen molar-refractivity contribution in [1.82, 2.24) is 20.0 Å². The van der Waals surface area contributed by atoms with Gasteiger partial charge in [0.2, 0.25) is 0 Å². The number of benzene rings is 3. The Hall–Kier alpha value is -4.25. The number of nitrogens with zero attached hydrogens (tertiary/aromatic N) is 4. The highest BCUT2D eigenvalue weighted by Crippen LogP contribution is 2.29. The molecular formula is C30H30N4O. The smallest absolute Gasteiger partial charge is 0.127 e. The van der Waals surface area contributed by atoms with Crippen LogP contribution in [0.3, 0.4) is 0 Å². The molecule has 5 nitrogen and oxygen atoms in total. The van der Waals surface area contributed by atoms with Crippen molar-refractivity contribution >= 4 is 0 Å². The lowest BCUT2D eigenvalue weighted by Crippen LogP contribution is -2.01. The van der Waals surface area contributed by atoms with Gasteiger partial charge in [0.05, 0.1) is 18.5 Å². The molecule has 2 aromatic heterocycles. The van der Waals surface area contributed by atoms with Gasteiger partial charge >= 0.3 is 0 Å². The molecule has 0 unspecified atom stereocenters. The number of aromatic nitrogens is 4. The van der Waals surface area contributed by atoms with Gasteiger partial charge in [-0.2, -0.15) is 0 Å². The molecule has 3 aromatic carbocycles. The van der Waals surface area contributed by atoms with Crippen molar-refractivity contribution < 1.29 is 4.74 Å². The number of hydrogen-bond donors (Lipinski definition) is 0. The standard InChI is InChI=1S/C28H24N4O.C2H6/c1-2-9-23(10-3-1)26-12-4-5-13-28(26)33-19-7-8-22-14-16-25(17-15-22)32-21-27(30-31-32)24-11-6-18-29-20-24;1-2/h1-6,9-18,20-21H,7-8,19H2;1-2H3. The third-order valence-corrected chi connectivity index (χ3v) is 5.49. The first-order valence-corrected chi connectivity index (χ1v) is 12.1. The molecule has 0 bridgehead atoms. The van der Waals surface area contributed by atoms with E-state index in [0.717, 1.165) is 41.1 Å². The fourth-order valence-corrected chi connectivity index (χ4v) is 3.76. The van der Waals surface area contributed by atoms with Crippen molar-refractivity contribution in [2.24, 2.45) is 0 Å². The molecule has 2 heterocycles. The van der Waals surface area contributed by atoms with Gasteiger partial charge in [0.1, 0.15) is 11.4 Å². The van der Waals surface area contributed by atoms with Crippen LogP contribution in [0.5, 0.6) is 5.75 Å². The molecule has 0 amide bonds. The SMILES string of the molecule is CC.c1ccc(-c2ccccc2OCCCc2ccc(-n3cc(-c4cccnc4)nn3)cc2)cc1. The number of ether oxygens (including phenoxy) is 1. The second-order valence-corrected chi connectivity index (χ2v) is 7.77. The molecule has 0 radical (unpaired) electrons. The Labute approximate surface area is 207 Å². The molecule has 0 spiro atoms. The zero-order valence-corrected chi connectivity index (χ0v) is 20.2. The summed E-state index contributed by atoms with van der Waals surface area (Å²) in [6.45, 7) is 4.67. The number of para-hydroxylation sites is 1. The predicted molar refractivity (Wildman–Crippen MR) is 142 cm³/mol. The maximum absolute atomic E-state index is 6.12. The summed E-state index contributed by atoms with van der Waals surface area (Å²) in [6.07, 6.45) is 7.35. The Bertz CT molecular complexity index is 1300. The first-order valence-electron chi connectivity index (χ1n) is 12.1. The Morgan fingerprint density at radius 2 is 1.51 bits per heavy atom. The van der Waals surface area contributed by atoms with E-state index in [1.807, 2.05) is 56.4 Å². The Kier molecular flexibility index (Phi) is 8.38. The summed E-state index contributed by atoms with van der Waals surface area (Å²) >= 11 is 0. The van der Waals surface area contributed by atoms with E-state index >= 15 is 0 Å². The first kappa shape index (κ1) is 23.9. The molecule has 0 N–H and O–H groups in total. The van der Waals surface area contributed by atoms with Crippen LogP contribution < -0.4 is 4.74 Å². The molecule has 5 aromatic rings. The van der Waals surface area contributed by atoms with E-state index in [4.69, 9.17) is 4.74 Å². The van der Waals surface area contributed by atoms with Crippen LogP contribution in [0.25, 0.3) is 28.1 Å². The minimum atomic E-state index is 0.670. The highest BCUT2D eigenvalue weighted by Gasteiger charge is 2.07. The van der Waals surface area contributed by atoms with Gasteiger partial charge < -0.3 is 4.74 Å². The molecule has 5 rings (SSSR count). The van der Waals surface area contributed by atoms with Crippen molar-refractivity contribution in [1.29, 1.82) is 0 Å². The molecule has 35 heavy (non-hydrogen) atoms. The van der Waals surface area contributed by atoms with Crippen molar-refractivity contribution in [3.05, 3.63) is 115 Å². The number of rotatable bonds is 8. The van der Waals surface area contributed by atoms with Crippen molar-refractivity contribution in [2.45, 2.75) is 26.7 Å². The molecule has 5 heteroatoms. The molecule has 0 saturated carbocycles. The number of hydrogen-bond acceptors (Lipinski definition) is 4. The second kappa shape index (κ2) is 12.3. The Morgan fingerprint density at radius 3 is 2.29 bits per heavy atom. The summed E-state index contributed by atoms with van der Waals surface area (Å²) in [5.74, 6) is 0.926. The van der Waals surface area contributed by atoms with E-state index in [0.29, 0.717) is 6.61 Å². The lowest BCUT2D eigenvalue weighted by Gasteiger charge is -2.12. The third kappa shape index (κ3) is 6.21. The Morgan fingerprint density at radius 1 is 0.771 bits per heavy atom. The number of pyridine rings is 1. The molecule has 0 saturated heterocycles. The van der Waals surface area contributed by atoms with Crippen LogP contribution in [0, 0.1) is 0 Å². The summed E-state index contributed by atoms with van der Waals surface area (Å²) < 4.78 is 7.91. The number of aryl methyl sites for hydroxylation is 1. The summed E-state index contributed by atoms with van der Waals surface area (Å²) in [5, 5.41) is 8.51. The van der Waals surface area contributed by atoms with Gasteiger partial charge in [0.15, 0.2) is 0 Å². The Balaban J connectivity index is 0.00000141.